The average Bonchev–Trinajstić information content (AvgIpc) is 2.80. The van der Waals surface area contributed by atoms with E-state index < -0.39 is 0 Å². The van der Waals surface area contributed by atoms with Crippen LogP contribution >= 0.6 is 0 Å². The molecule has 0 radical (unpaired) electrons. The summed E-state index contributed by atoms with van der Waals surface area (Å²) >= 11 is 0. The maximum absolute atomic E-state index is 6.03. The molecule has 0 bridgehead atoms. The molecule has 0 N–H and O–H groups in total. The zero-order valence-electron chi connectivity index (χ0n) is 22.7. The van der Waals surface area contributed by atoms with Gasteiger partial charge < -0.3 is 9.22 Å². The van der Waals surface area contributed by atoms with E-state index in [2.05, 4.69) is 96.8 Å². The summed E-state index contributed by atoms with van der Waals surface area (Å²) in [5.41, 5.74) is 2.60. The largest absolute Gasteiger partial charge is 0.494 e. The van der Waals surface area contributed by atoms with Crippen molar-refractivity contribution in [3.05, 3.63) is 60.2 Å². The van der Waals surface area contributed by atoms with Gasteiger partial charge in [-0.3, -0.25) is 0 Å². The topological polar surface area (TPSA) is 9.23 Å². The molecule has 2 heteroatoms. The Kier molecular flexibility index (Phi) is 14.1. The zero-order chi connectivity index (χ0) is 24.6. The van der Waals surface area contributed by atoms with E-state index in [4.69, 9.17) is 4.74 Å². The van der Waals surface area contributed by atoms with Crippen molar-refractivity contribution >= 4 is 6.08 Å². The van der Waals surface area contributed by atoms with E-state index in [9.17, 15) is 0 Å². The molecule has 0 amide bonds. The van der Waals surface area contributed by atoms with Crippen LogP contribution in [0.2, 0.25) is 0 Å². The van der Waals surface area contributed by atoms with Crippen molar-refractivity contribution in [2.75, 3.05) is 33.3 Å². The lowest BCUT2D eigenvalue weighted by Gasteiger charge is -2.35. The van der Waals surface area contributed by atoms with E-state index in [1.807, 2.05) is 0 Å². The van der Waals surface area contributed by atoms with Gasteiger partial charge in [0.05, 0.1) is 33.3 Å². The SMILES string of the molecule is C=C[C@@](C)(/C=C/c1ccc(OCCCC[N+](C)(CCCC)CCCC)cc1)CCC=C(C)C. The van der Waals surface area contributed by atoms with Gasteiger partial charge in [0.15, 0.2) is 0 Å². The number of quaternary nitrogens is 1. The van der Waals surface area contributed by atoms with Crippen LogP contribution < -0.4 is 4.74 Å². The molecule has 0 unspecified atom stereocenters. The minimum absolute atomic E-state index is 0.0163. The molecule has 0 aliphatic carbocycles. The van der Waals surface area contributed by atoms with E-state index in [-0.39, 0.29) is 5.41 Å². The second-order valence-corrected chi connectivity index (χ2v) is 10.5. The first kappa shape index (κ1) is 29.2. The summed E-state index contributed by atoms with van der Waals surface area (Å²) in [6, 6.07) is 8.48. The molecule has 1 rings (SSSR count). The summed E-state index contributed by atoms with van der Waals surface area (Å²) in [5.74, 6) is 0.969. The van der Waals surface area contributed by atoms with E-state index in [0.29, 0.717) is 0 Å². The second-order valence-electron chi connectivity index (χ2n) is 10.5. The van der Waals surface area contributed by atoms with E-state index in [1.54, 1.807) is 0 Å². The number of nitrogens with zero attached hydrogens (tertiary/aromatic N) is 1. The van der Waals surface area contributed by atoms with Crippen LogP contribution in [0.4, 0.5) is 0 Å². The fraction of sp³-hybridized carbons (Fsp3) is 0.613. The van der Waals surface area contributed by atoms with Gasteiger partial charge in [0, 0.05) is 5.41 Å². The molecule has 0 aliphatic heterocycles. The molecule has 2 nitrogen and oxygen atoms in total. The normalized spacial score (nSPS) is 13.6. The number of unbranched alkanes of at least 4 members (excludes halogenated alkanes) is 3. The highest BCUT2D eigenvalue weighted by atomic mass is 16.5. The lowest BCUT2D eigenvalue weighted by Crippen LogP contribution is -2.46. The summed E-state index contributed by atoms with van der Waals surface area (Å²) < 4.78 is 7.25. The Hall–Kier alpha value is -1.80. The van der Waals surface area contributed by atoms with Crippen molar-refractivity contribution in [2.45, 2.75) is 86.0 Å². The predicted octanol–water partition coefficient (Wildman–Crippen LogP) is 8.84. The maximum atomic E-state index is 6.03. The van der Waals surface area contributed by atoms with Gasteiger partial charge in [-0.05, 0) is 70.1 Å². The summed E-state index contributed by atoms with van der Waals surface area (Å²) in [6.07, 6.45) is 18.6. The van der Waals surface area contributed by atoms with E-state index in [1.165, 1.54) is 67.4 Å². The minimum Gasteiger partial charge on any atom is -0.494 e. The number of rotatable bonds is 18. The lowest BCUT2D eigenvalue weighted by molar-refractivity contribution is -0.910. The smallest absolute Gasteiger partial charge is 0.119 e. The van der Waals surface area contributed by atoms with Gasteiger partial charge in [0.1, 0.15) is 5.75 Å². The summed E-state index contributed by atoms with van der Waals surface area (Å²) in [7, 11) is 2.44. The Morgan fingerprint density at radius 3 is 2.12 bits per heavy atom. The van der Waals surface area contributed by atoms with Gasteiger partial charge in [0.2, 0.25) is 0 Å². The monoisotopic (exact) mass is 454 g/mol. The Labute approximate surface area is 206 Å². The first-order valence-corrected chi connectivity index (χ1v) is 13.3. The predicted molar refractivity (Wildman–Crippen MR) is 148 cm³/mol. The average molecular weight is 455 g/mol. The molecule has 0 saturated carbocycles. The van der Waals surface area contributed by atoms with Crippen LogP contribution in [-0.2, 0) is 0 Å². The molecule has 1 aromatic rings. The van der Waals surface area contributed by atoms with Crippen LogP contribution in [0.15, 0.2) is 54.6 Å². The molecular weight excluding hydrogens is 402 g/mol. The molecule has 0 spiro atoms. The number of ether oxygens (including phenoxy) is 1. The lowest BCUT2D eigenvalue weighted by atomic mass is 9.84. The maximum Gasteiger partial charge on any atom is 0.119 e. The van der Waals surface area contributed by atoms with Gasteiger partial charge in [-0.1, -0.05) is 75.6 Å². The minimum atomic E-state index is 0.0163. The van der Waals surface area contributed by atoms with Gasteiger partial charge in [-0.15, -0.1) is 6.58 Å². The highest BCUT2D eigenvalue weighted by molar-refractivity contribution is 5.52. The molecule has 0 fully saturated rings. The third-order valence-corrected chi connectivity index (χ3v) is 6.70. The third-order valence-electron chi connectivity index (χ3n) is 6.70. The number of hydrogen-bond acceptors (Lipinski definition) is 1. The number of benzene rings is 1. The Balaban J connectivity index is 2.46. The second kappa shape index (κ2) is 15.9. The van der Waals surface area contributed by atoms with Crippen LogP contribution in [0.3, 0.4) is 0 Å². The fourth-order valence-electron chi connectivity index (χ4n) is 4.09. The molecule has 0 aliphatic rings. The summed E-state index contributed by atoms with van der Waals surface area (Å²) in [5, 5.41) is 0. The molecule has 186 valence electrons. The van der Waals surface area contributed by atoms with Crippen LogP contribution in [0.25, 0.3) is 6.08 Å². The van der Waals surface area contributed by atoms with E-state index in [0.717, 1.165) is 31.6 Å². The number of allylic oxidation sites excluding steroid dienone is 4. The van der Waals surface area contributed by atoms with Crippen LogP contribution in [0, 0.1) is 5.41 Å². The first-order valence-electron chi connectivity index (χ1n) is 13.3. The van der Waals surface area contributed by atoms with E-state index >= 15 is 0 Å². The van der Waals surface area contributed by atoms with Crippen LogP contribution in [0.5, 0.6) is 5.75 Å². The van der Waals surface area contributed by atoms with Crippen molar-refractivity contribution in [3.63, 3.8) is 0 Å². The first-order chi connectivity index (χ1) is 15.8. The molecule has 1 atom stereocenters. The van der Waals surface area contributed by atoms with Gasteiger partial charge >= 0.3 is 0 Å². The van der Waals surface area contributed by atoms with Crippen LogP contribution in [0.1, 0.15) is 91.5 Å². The fourth-order valence-corrected chi connectivity index (χ4v) is 4.09. The Morgan fingerprint density at radius 1 is 0.970 bits per heavy atom. The molecular formula is C31H52NO+. The van der Waals surface area contributed by atoms with Gasteiger partial charge in [-0.2, -0.15) is 0 Å². The summed E-state index contributed by atoms with van der Waals surface area (Å²) in [4.78, 5) is 0. The van der Waals surface area contributed by atoms with Gasteiger partial charge in [0.25, 0.3) is 0 Å². The van der Waals surface area contributed by atoms with Crippen molar-refractivity contribution in [3.8, 4) is 5.75 Å². The van der Waals surface area contributed by atoms with Crippen molar-refractivity contribution < 1.29 is 9.22 Å². The number of hydrogen-bond donors (Lipinski definition) is 0. The Morgan fingerprint density at radius 2 is 1.58 bits per heavy atom. The van der Waals surface area contributed by atoms with Gasteiger partial charge in [-0.25, -0.2) is 0 Å². The molecule has 0 aromatic heterocycles. The molecule has 0 saturated heterocycles. The summed E-state index contributed by atoms with van der Waals surface area (Å²) in [6.45, 7) is 19.9. The molecule has 1 aromatic carbocycles. The molecule has 33 heavy (non-hydrogen) atoms. The Bertz CT molecular complexity index is 703. The quantitative estimate of drug-likeness (QED) is 0.122. The highest BCUT2D eigenvalue weighted by Gasteiger charge is 2.19. The van der Waals surface area contributed by atoms with Crippen molar-refractivity contribution in [2.24, 2.45) is 5.41 Å². The van der Waals surface area contributed by atoms with Crippen LogP contribution in [-0.4, -0.2) is 37.8 Å². The zero-order valence-corrected chi connectivity index (χ0v) is 22.7. The standard InChI is InChI=1S/C31H52NO/c1-8-11-24-32(7,25-12-9-2)26-13-14-27-33-30-19-17-29(18-20-30)21-23-31(6,10-3)22-15-16-28(4)5/h10,16-21,23H,3,8-9,11-15,22,24-27H2,1-2,4-7H3/q+1/b23-21+/t31-/m1/s1. The van der Waals surface area contributed by atoms with Crippen molar-refractivity contribution in [1.29, 1.82) is 0 Å². The highest BCUT2D eigenvalue weighted by Crippen LogP contribution is 2.28. The third kappa shape index (κ3) is 12.9. The van der Waals surface area contributed by atoms with Crippen molar-refractivity contribution in [1.82, 2.24) is 0 Å². The molecule has 0 heterocycles.